The lowest BCUT2D eigenvalue weighted by molar-refractivity contribution is -0.153. The van der Waals surface area contributed by atoms with Crippen LogP contribution in [0.2, 0.25) is 0 Å². The van der Waals surface area contributed by atoms with Crippen molar-refractivity contribution in [3.8, 4) is 0 Å². The number of nitrogens with zero attached hydrogens (tertiary/aromatic N) is 2. The predicted molar refractivity (Wildman–Crippen MR) is 80.2 cm³/mol. The molecule has 1 aromatic heterocycles. The molecule has 3 rings (SSSR count). The summed E-state index contributed by atoms with van der Waals surface area (Å²) in [5, 5.41) is 9.67. The van der Waals surface area contributed by atoms with E-state index < -0.39 is 11.4 Å². The molecule has 1 aliphatic heterocycles. The standard InChI is InChI=1S/C16H22N2O5/c1-22-8-6-16(15(20)21)5-2-7-18(9-16)14(19)12-13(11-3-4-11)23-10-17-12/h10-11H,2-9H2,1H3,(H,20,21)/t16-/m0/s1. The smallest absolute Gasteiger partial charge is 0.311 e. The number of oxazole rings is 1. The zero-order valence-electron chi connectivity index (χ0n) is 13.3. The molecule has 7 nitrogen and oxygen atoms in total. The Balaban J connectivity index is 1.77. The maximum Gasteiger partial charge on any atom is 0.311 e. The first kappa shape index (κ1) is 16.0. The molecule has 126 valence electrons. The van der Waals surface area contributed by atoms with Crippen LogP contribution in [0.5, 0.6) is 0 Å². The first-order valence-electron chi connectivity index (χ1n) is 8.02. The maximum absolute atomic E-state index is 12.8. The number of hydrogen-bond acceptors (Lipinski definition) is 5. The summed E-state index contributed by atoms with van der Waals surface area (Å²) in [4.78, 5) is 30.3. The van der Waals surface area contributed by atoms with Gasteiger partial charge in [0, 0.05) is 32.7 Å². The number of piperidine rings is 1. The lowest BCUT2D eigenvalue weighted by Crippen LogP contribution is -2.50. The highest BCUT2D eigenvalue weighted by Gasteiger charge is 2.44. The second-order valence-corrected chi connectivity index (χ2v) is 6.50. The Labute approximate surface area is 134 Å². The fourth-order valence-corrected chi connectivity index (χ4v) is 3.29. The fraction of sp³-hybridized carbons (Fsp3) is 0.688. The van der Waals surface area contributed by atoms with Gasteiger partial charge in [-0.15, -0.1) is 0 Å². The lowest BCUT2D eigenvalue weighted by Gasteiger charge is -2.39. The number of carbonyl (C=O) groups is 2. The molecule has 2 heterocycles. The molecule has 1 atom stereocenters. The van der Waals surface area contributed by atoms with Gasteiger partial charge in [-0.1, -0.05) is 0 Å². The SMILES string of the molecule is COCC[C@@]1(C(=O)O)CCCN(C(=O)c2ncoc2C2CC2)C1. The van der Waals surface area contributed by atoms with Crippen molar-refractivity contribution in [1.29, 1.82) is 0 Å². The molecular formula is C16H22N2O5. The number of aliphatic carboxylic acids is 1. The Morgan fingerprint density at radius 3 is 2.96 bits per heavy atom. The van der Waals surface area contributed by atoms with Crippen LogP contribution in [0, 0.1) is 5.41 Å². The first-order valence-corrected chi connectivity index (χ1v) is 8.02. The summed E-state index contributed by atoms with van der Waals surface area (Å²) < 4.78 is 10.4. The Hall–Kier alpha value is -1.89. The molecule has 1 N–H and O–H groups in total. The molecule has 1 amide bonds. The van der Waals surface area contributed by atoms with Crippen molar-refractivity contribution < 1.29 is 23.8 Å². The van der Waals surface area contributed by atoms with Crippen molar-refractivity contribution in [2.24, 2.45) is 5.41 Å². The number of amides is 1. The molecule has 1 saturated heterocycles. The zero-order valence-corrected chi connectivity index (χ0v) is 13.3. The summed E-state index contributed by atoms with van der Waals surface area (Å²) in [5.41, 5.74) is -0.589. The number of hydrogen-bond donors (Lipinski definition) is 1. The number of aromatic nitrogens is 1. The van der Waals surface area contributed by atoms with Crippen LogP contribution in [0.4, 0.5) is 0 Å². The molecule has 0 radical (unpaired) electrons. The third kappa shape index (κ3) is 3.10. The number of carboxylic acids is 1. The molecule has 2 fully saturated rings. The van der Waals surface area contributed by atoms with E-state index in [0.717, 1.165) is 12.8 Å². The van der Waals surface area contributed by atoms with Gasteiger partial charge in [0.1, 0.15) is 5.76 Å². The number of likely N-dealkylation sites (tertiary alicyclic amines) is 1. The van der Waals surface area contributed by atoms with Crippen molar-refractivity contribution in [2.45, 2.75) is 38.0 Å². The zero-order chi connectivity index (χ0) is 16.4. The van der Waals surface area contributed by atoms with Crippen LogP contribution >= 0.6 is 0 Å². The van der Waals surface area contributed by atoms with Gasteiger partial charge in [0.15, 0.2) is 12.1 Å². The third-order valence-corrected chi connectivity index (χ3v) is 4.85. The van der Waals surface area contributed by atoms with Gasteiger partial charge in [0.25, 0.3) is 5.91 Å². The van der Waals surface area contributed by atoms with Crippen LogP contribution in [-0.2, 0) is 9.53 Å². The topological polar surface area (TPSA) is 92.9 Å². The minimum Gasteiger partial charge on any atom is -0.481 e. The van der Waals surface area contributed by atoms with E-state index in [0.29, 0.717) is 49.8 Å². The molecule has 0 spiro atoms. The van der Waals surface area contributed by atoms with Gasteiger partial charge >= 0.3 is 5.97 Å². The Bertz CT molecular complexity index is 595. The van der Waals surface area contributed by atoms with Crippen LogP contribution in [0.25, 0.3) is 0 Å². The largest absolute Gasteiger partial charge is 0.481 e. The molecular weight excluding hydrogens is 300 g/mol. The van der Waals surface area contributed by atoms with Crippen LogP contribution in [0.3, 0.4) is 0 Å². The molecule has 1 saturated carbocycles. The van der Waals surface area contributed by atoms with Crippen LogP contribution in [-0.4, -0.2) is 53.7 Å². The Kier molecular flexibility index (Phi) is 4.39. The summed E-state index contributed by atoms with van der Waals surface area (Å²) in [6.45, 7) is 1.12. The minimum absolute atomic E-state index is 0.196. The van der Waals surface area contributed by atoms with E-state index in [9.17, 15) is 14.7 Å². The summed E-state index contributed by atoms with van der Waals surface area (Å²) in [7, 11) is 1.55. The molecule has 0 aromatic carbocycles. The van der Waals surface area contributed by atoms with Crippen molar-refractivity contribution >= 4 is 11.9 Å². The van der Waals surface area contributed by atoms with E-state index in [1.165, 1.54) is 6.39 Å². The molecule has 0 bridgehead atoms. The van der Waals surface area contributed by atoms with Gasteiger partial charge in [-0.3, -0.25) is 9.59 Å². The van der Waals surface area contributed by atoms with Crippen LogP contribution < -0.4 is 0 Å². The van der Waals surface area contributed by atoms with Gasteiger partial charge in [-0.05, 0) is 32.1 Å². The Morgan fingerprint density at radius 2 is 2.30 bits per heavy atom. The average Bonchev–Trinajstić information content (AvgIpc) is 3.29. The van der Waals surface area contributed by atoms with Crippen LogP contribution in [0.15, 0.2) is 10.8 Å². The highest BCUT2D eigenvalue weighted by molar-refractivity contribution is 5.94. The predicted octanol–water partition coefficient (Wildman–Crippen LogP) is 1.90. The van der Waals surface area contributed by atoms with Gasteiger partial charge in [0.05, 0.1) is 5.41 Å². The molecule has 23 heavy (non-hydrogen) atoms. The van der Waals surface area contributed by atoms with E-state index in [4.69, 9.17) is 9.15 Å². The number of ether oxygens (including phenoxy) is 1. The molecule has 7 heteroatoms. The normalized spacial score (nSPS) is 24.7. The quantitative estimate of drug-likeness (QED) is 0.860. The number of methoxy groups -OCH3 is 1. The Morgan fingerprint density at radius 1 is 1.52 bits per heavy atom. The van der Waals surface area contributed by atoms with Crippen molar-refractivity contribution in [3.05, 3.63) is 17.8 Å². The van der Waals surface area contributed by atoms with Crippen LogP contribution in [0.1, 0.15) is 54.3 Å². The van der Waals surface area contributed by atoms with Crippen molar-refractivity contribution in [3.63, 3.8) is 0 Å². The van der Waals surface area contributed by atoms with E-state index >= 15 is 0 Å². The summed E-state index contributed by atoms with van der Waals surface area (Å²) in [6, 6.07) is 0. The van der Waals surface area contributed by atoms with E-state index in [1.807, 2.05) is 0 Å². The molecule has 1 aliphatic carbocycles. The highest BCUT2D eigenvalue weighted by Crippen LogP contribution is 2.42. The third-order valence-electron chi connectivity index (χ3n) is 4.85. The van der Waals surface area contributed by atoms with Gasteiger partial charge in [-0.25, -0.2) is 4.98 Å². The molecule has 0 unspecified atom stereocenters. The van der Waals surface area contributed by atoms with E-state index in [-0.39, 0.29) is 12.5 Å². The van der Waals surface area contributed by atoms with Gasteiger partial charge in [-0.2, -0.15) is 0 Å². The van der Waals surface area contributed by atoms with Crippen molar-refractivity contribution in [2.75, 3.05) is 26.8 Å². The van der Waals surface area contributed by atoms with Gasteiger partial charge in [0.2, 0.25) is 0 Å². The second-order valence-electron chi connectivity index (χ2n) is 6.50. The molecule has 2 aliphatic rings. The fourth-order valence-electron chi connectivity index (χ4n) is 3.29. The second kappa shape index (κ2) is 6.31. The minimum atomic E-state index is -0.937. The van der Waals surface area contributed by atoms with Gasteiger partial charge < -0.3 is 19.2 Å². The number of rotatable bonds is 6. The lowest BCUT2D eigenvalue weighted by atomic mass is 9.77. The summed E-state index contributed by atoms with van der Waals surface area (Å²) >= 11 is 0. The molecule has 1 aromatic rings. The number of carboxylic acid groups (broad SMARTS) is 1. The summed E-state index contributed by atoms with van der Waals surface area (Å²) in [6.07, 6.45) is 4.96. The average molecular weight is 322 g/mol. The maximum atomic E-state index is 12.8. The van der Waals surface area contributed by atoms with Crippen molar-refractivity contribution in [1.82, 2.24) is 9.88 Å². The monoisotopic (exact) mass is 322 g/mol. The summed E-state index contributed by atoms with van der Waals surface area (Å²) in [5.74, 6) is -0.143. The number of carbonyl (C=O) groups excluding carboxylic acids is 1. The highest BCUT2D eigenvalue weighted by atomic mass is 16.5. The first-order chi connectivity index (χ1) is 11.1. The van der Waals surface area contributed by atoms with E-state index in [2.05, 4.69) is 4.98 Å². The van der Waals surface area contributed by atoms with E-state index in [1.54, 1.807) is 12.0 Å².